The zero-order valence-corrected chi connectivity index (χ0v) is 9.42. The van der Waals surface area contributed by atoms with Gasteiger partial charge in [0.15, 0.2) is 0 Å². The molecule has 2 rings (SSSR count). The molecule has 2 aliphatic rings. The van der Waals surface area contributed by atoms with E-state index in [2.05, 4.69) is 21.0 Å². The molecule has 1 saturated carbocycles. The predicted molar refractivity (Wildman–Crippen MR) is 56.5 cm³/mol. The van der Waals surface area contributed by atoms with E-state index in [9.17, 15) is 0 Å². The molecule has 0 N–H and O–H groups in total. The van der Waals surface area contributed by atoms with Crippen LogP contribution in [0.2, 0.25) is 0 Å². The van der Waals surface area contributed by atoms with Gasteiger partial charge in [-0.25, -0.2) is 0 Å². The number of hydrogen-bond donors (Lipinski definition) is 0. The summed E-state index contributed by atoms with van der Waals surface area (Å²) in [6.45, 7) is 5.20. The van der Waals surface area contributed by atoms with Crippen LogP contribution >= 0.6 is 0 Å². The molecule has 0 aromatic rings. The van der Waals surface area contributed by atoms with Crippen molar-refractivity contribution in [1.29, 1.82) is 0 Å². The van der Waals surface area contributed by atoms with Crippen LogP contribution in [0.1, 0.15) is 32.6 Å². The van der Waals surface area contributed by atoms with E-state index in [1.807, 2.05) is 0 Å². The summed E-state index contributed by atoms with van der Waals surface area (Å²) in [4.78, 5) is 0. The van der Waals surface area contributed by atoms with Crippen molar-refractivity contribution in [3.63, 3.8) is 0 Å². The fraction of sp³-hybridized carbons (Fsp3) is 1.00. The summed E-state index contributed by atoms with van der Waals surface area (Å²) in [6.07, 6.45) is 5.93. The topological polar surface area (TPSA) is 0 Å². The summed E-state index contributed by atoms with van der Waals surface area (Å²) < 4.78 is 1.28. The molecular formula is C12H24N+. The van der Waals surface area contributed by atoms with E-state index in [0.29, 0.717) is 0 Å². The molecule has 0 aromatic carbocycles. The Morgan fingerprint density at radius 3 is 2.69 bits per heavy atom. The molecule has 0 amide bonds. The van der Waals surface area contributed by atoms with Crippen LogP contribution in [-0.2, 0) is 0 Å². The van der Waals surface area contributed by atoms with Gasteiger partial charge >= 0.3 is 0 Å². The Balaban J connectivity index is 1.87. The van der Waals surface area contributed by atoms with E-state index >= 15 is 0 Å². The smallest absolute Gasteiger partial charge is 0.0814 e. The van der Waals surface area contributed by atoms with Crippen molar-refractivity contribution >= 4 is 0 Å². The summed E-state index contributed by atoms with van der Waals surface area (Å²) in [6, 6.07) is 0. The highest BCUT2D eigenvalue weighted by Gasteiger charge is 2.46. The fourth-order valence-electron chi connectivity index (χ4n) is 3.54. The lowest BCUT2D eigenvalue weighted by atomic mass is 9.60. The number of piperidine rings is 1. The van der Waals surface area contributed by atoms with Crippen molar-refractivity contribution in [2.24, 2.45) is 17.8 Å². The zero-order valence-electron chi connectivity index (χ0n) is 9.42. The molecule has 1 saturated heterocycles. The highest BCUT2D eigenvalue weighted by molar-refractivity contribution is 4.90. The molecule has 1 aliphatic heterocycles. The van der Waals surface area contributed by atoms with Crippen molar-refractivity contribution in [3.05, 3.63) is 0 Å². The Morgan fingerprint density at radius 2 is 2.08 bits per heavy atom. The summed E-state index contributed by atoms with van der Waals surface area (Å²) in [5.74, 6) is 3.31. The van der Waals surface area contributed by atoms with Crippen LogP contribution in [0.3, 0.4) is 0 Å². The van der Waals surface area contributed by atoms with Gasteiger partial charge < -0.3 is 4.48 Å². The largest absolute Gasteiger partial charge is 0.328 e. The van der Waals surface area contributed by atoms with Gasteiger partial charge in [-0.3, -0.25) is 0 Å². The Morgan fingerprint density at radius 1 is 1.31 bits per heavy atom. The average molecular weight is 182 g/mol. The average Bonchev–Trinajstić information content (AvgIpc) is 2.00. The van der Waals surface area contributed by atoms with Gasteiger partial charge in [-0.2, -0.15) is 0 Å². The van der Waals surface area contributed by atoms with Gasteiger partial charge in [0.05, 0.1) is 27.2 Å². The third-order valence-electron chi connectivity index (χ3n) is 4.27. The van der Waals surface area contributed by atoms with Crippen molar-refractivity contribution in [3.8, 4) is 0 Å². The number of fused-ring (bicyclic) bond motifs is 1. The van der Waals surface area contributed by atoms with Crippen LogP contribution < -0.4 is 0 Å². The Labute approximate surface area is 82.7 Å². The second-order valence-corrected chi connectivity index (χ2v) is 5.84. The van der Waals surface area contributed by atoms with Crippen molar-refractivity contribution < 1.29 is 4.48 Å². The number of hydrogen-bond acceptors (Lipinski definition) is 0. The van der Waals surface area contributed by atoms with Crippen molar-refractivity contribution in [1.82, 2.24) is 0 Å². The zero-order chi connectivity index (χ0) is 9.47. The molecule has 76 valence electrons. The maximum absolute atomic E-state index is 2.39. The molecule has 1 heteroatoms. The first-order chi connectivity index (χ1) is 6.12. The molecule has 0 radical (unpaired) electrons. The van der Waals surface area contributed by atoms with E-state index in [0.717, 1.165) is 17.8 Å². The second-order valence-electron chi connectivity index (χ2n) is 5.84. The molecule has 0 spiro atoms. The summed E-state index contributed by atoms with van der Waals surface area (Å²) >= 11 is 0. The minimum atomic E-state index is 1.08. The van der Waals surface area contributed by atoms with E-state index in [1.165, 1.54) is 36.8 Å². The monoisotopic (exact) mass is 182 g/mol. The number of quaternary nitrogens is 1. The van der Waals surface area contributed by atoms with E-state index in [-0.39, 0.29) is 0 Å². The summed E-state index contributed by atoms with van der Waals surface area (Å²) in [5, 5.41) is 0. The molecule has 0 bridgehead atoms. The first kappa shape index (κ1) is 9.51. The number of nitrogens with zero attached hydrogens (tertiary/aromatic N) is 1. The predicted octanol–water partition coefficient (Wildman–Crippen LogP) is 2.52. The van der Waals surface area contributed by atoms with Gasteiger partial charge in [0, 0.05) is 12.3 Å². The third kappa shape index (κ3) is 1.76. The number of rotatable bonds is 2. The van der Waals surface area contributed by atoms with Gasteiger partial charge in [-0.15, -0.1) is 0 Å². The Bertz CT molecular complexity index is 186. The maximum Gasteiger partial charge on any atom is 0.0814 e. The highest BCUT2D eigenvalue weighted by Crippen LogP contribution is 2.48. The van der Waals surface area contributed by atoms with Crippen molar-refractivity contribution in [2.45, 2.75) is 32.6 Å². The summed E-state index contributed by atoms with van der Waals surface area (Å²) in [5.41, 5.74) is 0. The van der Waals surface area contributed by atoms with Crippen LogP contribution in [0.15, 0.2) is 0 Å². The lowest BCUT2D eigenvalue weighted by molar-refractivity contribution is -0.902. The fourth-order valence-corrected chi connectivity index (χ4v) is 3.54. The molecule has 13 heavy (non-hydrogen) atoms. The van der Waals surface area contributed by atoms with Gasteiger partial charge in [-0.05, 0) is 18.3 Å². The number of likely N-dealkylation sites (tertiary alicyclic amines) is 1. The standard InChI is InChI=1S/C12H24N/c1-4-5-10-8-11-9-13(2,3)7-6-12(10)11/h10-12H,4-9H2,1-3H3/q+1/t10?,11-,12?/m0/s1. The molecule has 0 aromatic heterocycles. The quantitative estimate of drug-likeness (QED) is 0.576. The molecule has 1 heterocycles. The minimum absolute atomic E-state index is 1.08. The minimum Gasteiger partial charge on any atom is -0.328 e. The normalized spacial score (nSPS) is 42.2. The van der Waals surface area contributed by atoms with Crippen LogP contribution in [0.25, 0.3) is 0 Å². The summed E-state index contributed by atoms with van der Waals surface area (Å²) in [7, 11) is 4.78. The lowest BCUT2D eigenvalue weighted by Crippen LogP contribution is -2.56. The molecule has 1 aliphatic carbocycles. The van der Waals surface area contributed by atoms with E-state index in [4.69, 9.17) is 0 Å². The Hall–Kier alpha value is -0.0400. The van der Waals surface area contributed by atoms with Crippen LogP contribution in [0.5, 0.6) is 0 Å². The van der Waals surface area contributed by atoms with E-state index in [1.54, 1.807) is 6.42 Å². The van der Waals surface area contributed by atoms with Crippen LogP contribution in [-0.4, -0.2) is 31.7 Å². The first-order valence-corrected chi connectivity index (χ1v) is 5.94. The Kier molecular flexibility index (Phi) is 2.39. The molecule has 3 atom stereocenters. The van der Waals surface area contributed by atoms with Gasteiger partial charge in [0.1, 0.15) is 0 Å². The lowest BCUT2D eigenvalue weighted by Gasteiger charge is -2.52. The molecule has 1 nitrogen and oxygen atoms in total. The second kappa shape index (κ2) is 3.27. The van der Waals surface area contributed by atoms with Gasteiger partial charge in [0.2, 0.25) is 0 Å². The van der Waals surface area contributed by atoms with Crippen molar-refractivity contribution in [2.75, 3.05) is 27.2 Å². The maximum atomic E-state index is 2.39. The molecule has 2 fully saturated rings. The highest BCUT2D eigenvalue weighted by atomic mass is 15.3. The van der Waals surface area contributed by atoms with E-state index < -0.39 is 0 Å². The SMILES string of the molecule is CCCC1C[C@H]2C[N+](C)(C)CCC12. The van der Waals surface area contributed by atoms with Gasteiger partial charge in [0.25, 0.3) is 0 Å². The van der Waals surface area contributed by atoms with Crippen LogP contribution in [0, 0.1) is 17.8 Å². The molecular weight excluding hydrogens is 158 g/mol. The third-order valence-corrected chi connectivity index (χ3v) is 4.27. The van der Waals surface area contributed by atoms with Gasteiger partial charge in [-0.1, -0.05) is 19.8 Å². The first-order valence-electron chi connectivity index (χ1n) is 5.94. The van der Waals surface area contributed by atoms with Crippen LogP contribution in [0.4, 0.5) is 0 Å². The molecule has 2 unspecified atom stereocenters.